The summed E-state index contributed by atoms with van der Waals surface area (Å²) in [5.41, 5.74) is 2.14. The Morgan fingerprint density at radius 3 is 3.00 bits per heavy atom. The second-order valence-electron chi connectivity index (χ2n) is 5.09. The molecule has 3 heteroatoms. The second kappa shape index (κ2) is 6.41. The molecule has 1 atom stereocenters. The van der Waals surface area contributed by atoms with E-state index in [9.17, 15) is 4.79 Å². The van der Waals surface area contributed by atoms with Crippen LogP contribution in [0.4, 0.5) is 5.69 Å². The highest BCUT2D eigenvalue weighted by Crippen LogP contribution is 2.28. The van der Waals surface area contributed by atoms with E-state index in [1.807, 2.05) is 18.2 Å². The van der Waals surface area contributed by atoms with Crippen molar-refractivity contribution in [3.8, 4) is 0 Å². The zero-order chi connectivity index (χ0) is 13.7. The van der Waals surface area contributed by atoms with Crippen molar-refractivity contribution in [3.63, 3.8) is 0 Å². The number of carboxylic acid groups (broad SMARTS) is 1. The number of piperidine rings is 1. The van der Waals surface area contributed by atoms with Crippen LogP contribution in [-0.4, -0.2) is 24.2 Å². The van der Waals surface area contributed by atoms with E-state index in [4.69, 9.17) is 5.11 Å². The quantitative estimate of drug-likeness (QED) is 0.842. The molecule has 2 rings (SSSR count). The fraction of sp³-hybridized carbons (Fsp3) is 0.438. The van der Waals surface area contributed by atoms with Crippen LogP contribution in [0.1, 0.15) is 31.7 Å². The number of carboxylic acids is 1. The van der Waals surface area contributed by atoms with Crippen LogP contribution in [0.15, 0.2) is 30.3 Å². The molecule has 1 aromatic carbocycles. The van der Waals surface area contributed by atoms with Gasteiger partial charge in [-0.05, 0) is 36.5 Å². The first kappa shape index (κ1) is 13.7. The highest BCUT2D eigenvalue weighted by atomic mass is 16.4. The van der Waals surface area contributed by atoms with Gasteiger partial charge in [0, 0.05) is 24.9 Å². The van der Waals surface area contributed by atoms with E-state index >= 15 is 0 Å². The van der Waals surface area contributed by atoms with Gasteiger partial charge in [0.15, 0.2) is 0 Å². The van der Waals surface area contributed by atoms with Crippen molar-refractivity contribution < 1.29 is 9.90 Å². The van der Waals surface area contributed by atoms with Crippen molar-refractivity contribution in [3.05, 3.63) is 35.9 Å². The smallest absolute Gasteiger partial charge is 0.328 e. The highest BCUT2D eigenvalue weighted by Gasteiger charge is 2.19. The molecule has 0 saturated carbocycles. The maximum absolute atomic E-state index is 10.7. The lowest BCUT2D eigenvalue weighted by molar-refractivity contribution is -0.131. The topological polar surface area (TPSA) is 40.5 Å². The summed E-state index contributed by atoms with van der Waals surface area (Å²) in [6, 6.07) is 8.03. The first-order valence-electron chi connectivity index (χ1n) is 6.95. The fourth-order valence-corrected chi connectivity index (χ4v) is 2.69. The number of carbonyl (C=O) groups is 1. The summed E-state index contributed by atoms with van der Waals surface area (Å²) in [5, 5.41) is 8.76. The van der Waals surface area contributed by atoms with Crippen LogP contribution in [-0.2, 0) is 4.79 Å². The van der Waals surface area contributed by atoms with Gasteiger partial charge < -0.3 is 10.0 Å². The maximum atomic E-state index is 10.7. The molecule has 1 N–H and O–H groups in total. The minimum atomic E-state index is -0.903. The molecule has 0 aromatic heterocycles. The molecule has 0 spiro atoms. The molecule has 1 saturated heterocycles. The lowest BCUT2D eigenvalue weighted by atomic mass is 9.94. The Morgan fingerprint density at radius 2 is 2.26 bits per heavy atom. The Bertz CT molecular complexity index is 468. The average Bonchev–Trinajstić information content (AvgIpc) is 2.45. The Morgan fingerprint density at radius 1 is 1.47 bits per heavy atom. The number of para-hydroxylation sites is 1. The van der Waals surface area contributed by atoms with Crippen molar-refractivity contribution >= 4 is 17.7 Å². The predicted molar refractivity (Wildman–Crippen MR) is 78.3 cm³/mol. The van der Waals surface area contributed by atoms with Crippen LogP contribution in [0.5, 0.6) is 0 Å². The molecule has 0 amide bonds. The summed E-state index contributed by atoms with van der Waals surface area (Å²) in [5.74, 6) is -0.148. The largest absolute Gasteiger partial charge is 0.478 e. The minimum absolute atomic E-state index is 0.755. The number of anilines is 1. The van der Waals surface area contributed by atoms with Crippen LogP contribution >= 0.6 is 0 Å². The monoisotopic (exact) mass is 259 g/mol. The van der Waals surface area contributed by atoms with Crippen LogP contribution in [0, 0.1) is 5.92 Å². The van der Waals surface area contributed by atoms with Gasteiger partial charge in [-0.2, -0.15) is 0 Å². The van der Waals surface area contributed by atoms with E-state index in [1.165, 1.54) is 25.3 Å². The van der Waals surface area contributed by atoms with Gasteiger partial charge in [0.1, 0.15) is 0 Å². The number of rotatable bonds is 4. The van der Waals surface area contributed by atoms with Gasteiger partial charge in [0.25, 0.3) is 0 Å². The third-order valence-electron chi connectivity index (χ3n) is 3.78. The molecule has 1 heterocycles. The Hall–Kier alpha value is -1.77. The van der Waals surface area contributed by atoms with Crippen LogP contribution in [0.25, 0.3) is 6.08 Å². The lowest BCUT2D eigenvalue weighted by Gasteiger charge is -2.35. The van der Waals surface area contributed by atoms with Gasteiger partial charge in [-0.25, -0.2) is 4.79 Å². The van der Waals surface area contributed by atoms with Crippen LogP contribution < -0.4 is 4.90 Å². The summed E-state index contributed by atoms with van der Waals surface area (Å²) in [7, 11) is 0. The van der Waals surface area contributed by atoms with Gasteiger partial charge in [-0.1, -0.05) is 31.5 Å². The van der Waals surface area contributed by atoms with E-state index in [0.717, 1.165) is 30.3 Å². The van der Waals surface area contributed by atoms with Crippen molar-refractivity contribution in [1.29, 1.82) is 0 Å². The molecule has 0 aliphatic carbocycles. The fourth-order valence-electron chi connectivity index (χ4n) is 2.69. The first-order chi connectivity index (χ1) is 9.20. The zero-order valence-corrected chi connectivity index (χ0v) is 11.4. The van der Waals surface area contributed by atoms with Crippen molar-refractivity contribution in [2.24, 2.45) is 5.92 Å². The first-order valence-corrected chi connectivity index (χ1v) is 6.95. The SMILES string of the molecule is CCC1CCCN(c2ccccc2C=CC(=O)O)C1. The van der Waals surface area contributed by atoms with Crippen molar-refractivity contribution in [2.75, 3.05) is 18.0 Å². The van der Waals surface area contributed by atoms with E-state index in [0.29, 0.717) is 0 Å². The lowest BCUT2D eigenvalue weighted by Crippen LogP contribution is -2.35. The number of nitrogens with zero attached hydrogens (tertiary/aromatic N) is 1. The van der Waals surface area contributed by atoms with E-state index in [-0.39, 0.29) is 0 Å². The predicted octanol–water partition coefficient (Wildman–Crippen LogP) is 3.41. The summed E-state index contributed by atoms with van der Waals surface area (Å²) < 4.78 is 0. The number of hydrogen-bond acceptors (Lipinski definition) is 2. The molecule has 0 radical (unpaired) electrons. The van der Waals surface area contributed by atoms with Crippen LogP contribution in [0.2, 0.25) is 0 Å². The molecule has 1 aliphatic heterocycles. The highest BCUT2D eigenvalue weighted by molar-refractivity contribution is 5.87. The van der Waals surface area contributed by atoms with Crippen molar-refractivity contribution in [2.45, 2.75) is 26.2 Å². The number of hydrogen-bond donors (Lipinski definition) is 1. The average molecular weight is 259 g/mol. The molecule has 1 fully saturated rings. The number of benzene rings is 1. The van der Waals surface area contributed by atoms with E-state index in [1.54, 1.807) is 6.08 Å². The van der Waals surface area contributed by atoms with Gasteiger partial charge in [-0.3, -0.25) is 0 Å². The Labute approximate surface area is 114 Å². The van der Waals surface area contributed by atoms with E-state index < -0.39 is 5.97 Å². The number of aliphatic carboxylic acids is 1. The molecule has 3 nitrogen and oxygen atoms in total. The standard InChI is InChI=1S/C16H21NO2/c1-2-13-6-5-11-17(12-13)15-8-4-3-7-14(15)9-10-16(18)19/h3-4,7-10,13H,2,5-6,11-12H2,1H3,(H,18,19). The van der Waals surface area contributed by atoms with Gasteiger partial charge in [0.2, 0.25) is 0 Å². The summed E-state index contributed by atoms with van der Waals surface area (Å²) in [4.78, 5) is 13.0. The molecule has 102 valence electrons. The van der Waals surface area contributed by atoms with E-state index in [2.05, 4.69) is 17.9 Å². The summed E-state index contributed by atoms with van der Waals surface area (Å²) in [6.45, 7) is 4.38. The van der Waals surface area contributed by atoms with Gasteiger partial charge >= 0.3 is 5.97 Å². The van der Waals surface area contributed by atoms with Gasteiger partial charge in [-0.15, -0.1) is 0 Å². The second-order valence-corrected chi connectivity index (χ2v) is 5.09. The molecule has 0 bridgehead atoms. The molecular formula is C16H21NO2. The molecule has 1 aromatic rings. The Kier molecular flexibility index (Phi) is 4.61. The molecule has 1 aliphatic rings. The summed E-state index contributed by atoms with van der Waals surface area (Å²) >= 11 is 0. The summed E-state index contributed by atoms with van der Waals surface area (Å²) in [6.07, 6.45) is 6.63. The van der Waals surface area contributed by atoms with Crippen LogP contribution in [0.3, 0.4) is 0 Å². The van der Waals surface area contributed by atoms with Gasteiger partial charge in [0.05, 0.1) is 0 Å². The third kappa shape index (κ3) is 3.60. The molecule has 1 unspecified atom stereocenters. The minimum Gasteiger partial charge on any atom is -0.478 e. The zero-order valence-electron chi connectivity index (χ0n) is 11.4. The third-order valence-corrected chi connectivity index (χ3v) is 3.78. The maximum Gasteiger partial charge on any atom is 0.328 e. The normalized spacial score (nSPS) is 19.8. The molecule has 19 heavy (non-hydrogen) atoms. The van der Waals surface area contributed by atoms with Crippen molar-refractivity contribution in [1.82, 2.24) is 0 Å². The Balaban J connectivity index is 2.21. The molecular weight excluding hydrogens is 238 g/mol.